The molecular weight excluding hydrogens is 155 g/mol. The Bertz CT molecular complexity index is 197. The van der Waals surface area contributed by atoms with Crippen LogP contribution in [0.15, 0.2) is 24.3 Å². The molecule has 0 saturated heterocycles. The zero-order valence-corrected chi connectivity index (χ0v) is 5.94. The minimum absolute atomic E-state index is 0.493. The van der Waals surface area contributed by atoms with Gasteiger partial charge in [0.05, 0.1) is 0 Å². The molecule has 0 saturated carbocycles. The van der Waals surface area contributed by atoms with Gasteiger partial charge in [-0.05, 0) is 24.3 Å². The van der Waals surface area contributed by atoms with Crippen LogP contribution >= 0.6 is 11.6 Å². The molecule has 0 unspecified atom stereocenters. The predicted molar refractivity (Wildman–Crippen MR) is 38.1 cm³/mol. The normalized spacial score (nSPS) is 9.40. The van der Waals surface area contributed by atoms with E-state index in [0.717, 1.165) is 0 Å². The summed E-state index contributed by atoms with van der Waals surface area (Å²) in [6.45, 7) is -0.804. The lowest BCUT2D eigenvalue weighted by Crippen LogP contribution is -1.88. The molecule has 0 spiro atoms. The molecule has 1 aromatic carbocycles. The molecule has 54 valence electrons. The van der Waals surface area contributed by atoms with E-state index < -0.39 is 6.86 Å². The van der Waals surface area contributed by atoms with Gasteiger partial charge in [-0.3, -0.25) is 0 Å². The summed E-state index contributed by atoms with van der Waals surface area (Å²) in [5, 5.41) is 0.617. The minimum atomic E-state index is -0.804. The van der Waals surface area contributed by atoms with Crippen molar-refractivity contribution < 1.29 is 9.13 Å². The Kier molecular flexibility index (Phi) is 2.51. The first-order valence-electron chi connectivity index (χ1n) is 2.77. The second-order valence-corrected chi connectivity index (χ2v) is 2.14. The summed E-state index contributed by atoms with van der Waals surface area (Å²) in [6.07, 6.45) is 0. The Labute approximate surface area is 63.4 Å². The molecule has 0 aliphatic heterocycles. The highest BCUT2D eigenvalue weighted by atomic mass is 35.5. The molecular formula is C7H6ClFO. The average molecular weight is 161 g/mol. The van der Waals surface area contributed by atoms with Gasteiger partial charge in [0, 0.05) is 5.02 Å². The van der Waals surface area contributed by atoms with Crippen molar-refractivity contribution in [3.8, 4) is 5.75 Å². The smallest absolute Gasteiger partial charge is 0.228 e. The van der Waals surface area contributed by atoms with Crippen LogP contribution in [0.1, 0.15) is 0 Å². The van der Waals surface area contributed by atoms with Crippen molar-refractivity contribution in [1.82, 2.24) is 0 Å². The summed E-state index contributed by atoms with van der Waals surface area (Å²) in [4.78, 5) is 0. The third-order valence-corrected chi connectivity index (χ3v) is 1.29. The van der Waals surface area contributed by atoms with E-state index in [2.05, 4.69) is 4.74 Å². The van der Waals surface area contributed by atoms with Gasteiger partial charge in [-0.2, -0.15) is 0 Å². The zero-order valence-electron chi connectivity index (χ0n) is 5.18. The lowest BCUT2D eigenvalue weighted by molar-refractivity contribution is 0.192. The number of halogens is 2. The Morgan fingerprint density at radius 2 is 1.90 bits per heavy atom. The SMILES string of the molecule is FCOc1ccc(Cl)cc1. The third kappa shape index (κ3) is 1.88. The van der Waals surface area contributed by atoms with Crippen molar-refractivity contribution in [3.63, 3.8) is 0 Å². The van der Waals surface area contributed by atoms with Crippen LogP contribution in [0.3, 0.4) is 0 Å². The summed E-state index contributed by atoms with van der Waals surface area (Å²) in [6, 6.07) is 6.52. The van der Waals surface area contributed by atoms with Gasteiger partial charge in [0.25, 0.3) is 0 Å². The molecule has 0 heterocycles. The van der Waals surface area contributed by atoms with Crippen molar-refractivity contribution in [3.05, 3.63) is 29.3 Å². The van der Waals surface area contributed by atoms with E-state index in [1.54, 1.807) is 24.3 Å². The largest absolute Gasteiger partial charge is 0.463 e. The summed E-state index contributed by atoms with van der Waals surface area (Å²) in [5.41, 5.74) is 0. The van der Waals surface area contributed by atoms with Crippen LogP contribution in [0.4, 0.5) is 4.39 Å². The predicted octanol–water partition coefficient (Wildman–Crippen LogP) is 2.65. The van der Waals surface area contributed by atoms with Crippen LogP contribution in [0.25, 0.3) is 0 Å². The van der Waals surface area contributed by atoms with E-state index in [4.69, 9.17) is 11.6 Å². The summed E-state index contributed by atoms with van der Waals surface area (Å²) < 4.78 is 16.1. The van der Waals surface area contributed by atoms with Gasteiger partial charge < -0.3 is 4.74 Å². The van der Waals surface area contributed by atoms with Crippen molar-refractivity contribution in [2.45, 2.75) is 0 Å². The second-order valence-electron chi connectivity index (χ2n) is 1.71. The number of rotatable bonds is 2. The van der Waals surface area contributed by atoms with E-state index in [1.807, 2.05) is 0 Å². The fourth-order valence-corrected chi connectivity index (χ4v) is 0.720. The maximum Gasteiger partial charge on any atom is 0.228 e. The van der Waals surface area contributed by atoms with Gasteiger partial charge in [-0.15, -0.1) is 0 Å². The number of hydrogen-bond donors (Lipinski definition) is 0. The Morgan fingerprint density at radius 3 is 2.40 bits per heavy atom. The molecule has 0 aliphatic rings. The molecule has 1 rings (SSSR count). The number of benzene rings is 1. The number of alkyl halides is 1. The fraction of sp³-hybridized carbons (Fsp3) is 0.143. The van der Waals surface area contributed by atoms with Crippen LogP contribution < -0.4 is 4.74 Å². The van der Waals surface area contributed by atoms with Crippen molar-refractivity contribution in [2.75, 3.05) is 6.86 Å². The van der Waals surface area contributed by atoms with Crippen molar-refractivity contribution in [2.24, 2.45) is 0 Å². The second kappa shape index (κ2) is 3.42. The maximum absolute atomic E-state index is 11.5. The first kappa shape index (κ1) is 7.35. The van der Waals surface area contributed by atoms with Crippen LogP contribution in [0.2, 0.25) is 5.02 Å². The number of hydrogen-bond acceptors (Lipinski definition) is 1. The van der Waals surface area contributed by atoms with E-state index >= 15 is 0 Å². The number of ether oxygens (including phenoxy) is 1. The molecule has 1 aromatic rings. The van der Waals surface area contributed by atoms with E-state index in [-0.39, 0.29) is 0 Å². The molecule has 0 N–H and O–H groups in total. The van der Waals surface area contributed by atoms with E-state index in [1.165, 1.54) is 0 Å². The monoisotopic (exact) mass is 160 g/mol. The molecule has 0 amide bonds. The topological polar surface area (TPSA) is 9.23 Å². The molecule has 0 aliphatic carbocycles. The first-order valence-corrected chi connectivity index (χ1v) is 3.15. The zero-order chi connectivity index (χ0) is 7.40. The van der Waals surface area contributed by atoms with Gasteiger partial charge in [-0.1, -0.05) is 11.6 Å². The minimum Gasteiger partial charge on any atom is -0.463 e. The highest BCUT2D eigenvalue weighted by molar-refractivity contribution is 6.30. The molecule has 0 radical (unpaired) electrons. The highest BCUT2D eigenvalue weighted by Gasteiger charge is 1.90. The summed E-state index contributed by atoms with van der Waals surface area (Å²) in [7, 11) is 0. The van der Waals surface area contributed by atoms with Gasteiger partial charge in [-0.25, -0.2) is 4.39 Å². The highest BCUT2D eigenvalue weighted by Crippen LogP contribution is 2.15. The Balaban J connectivity index is 2.69. The van der Waals surface area contributed by atoms with Gasteiger partial charge in [0.15, 0.2) is 0 Å². The van der Waals surface area contributed by atoms with Gasteiger partial charge in [0.2, 0.25) is 6.86 Å². The van der Waals surface area contributed by atoms with E-state index in [9.17, 15) is 4.39 Å². The van der Waals surface area contributed by atoms with Crippen molar-refractivity contribution >= 4 is 11.6 Å². The Hall–Kier alpha value is -0.760. The quantitative estimate of drug-likeness (QED) is 0.646. The maximum atomic E-state index is 11.5. The van der Waals surface area contributed by atoms with Gasteiger partial charge >= 0.3 is 0 Å². The van der Waals surface area contributed by atoms with Crippen molar-refractivity contribution in [1.29, 1.82) is 0 Å². The lowest BCUT2D eigenvalue weighted by Gasteiger charge is -1.98. The summed E-state index contributed by atoms with van der Waals surface area (Å²) >= 11 is 5.56. The lowest BCUT2D eigenvalue weighted by atomic mass is 10.3. The molecule has 1 nitrogen and oxygen atoms in total. The summed E-state index contributed by atoms with van der Waals surface area (Å²) in [5.74, 6) is 0.493. The van der Waals surface area contributed by atoms with Crippen LogP contribution in [0, 0.1) is 0 Å². The molecule has 0 atom stereocenters. The van der Waals surface area contributed by atoms with Gasteiger partial charge in [0.1, 0.15) is 5.75 Å². The van der Waals surface area contributed by atoms with Crippen LogP contribution in [0.5, 0.6) is 5.75 Å². The fourth-order valence-electron chi connectivity index (χ4n) is 0.594. The molecule has 3 heteroatoms. The molecule has 10 heavy (non-hydrogen) atoms. The van der Waals surface area contributed by atoms with Crippen LogP contribution in [-0.4, -0.2) is 6.86 Å². The van der Waals surface area contributed by atoms with E-state index in [0.29, 0.717) is 10.8 Å². The standard InChI is InChI=1S/C7H6ClFO/c8-6-1-3-7(4-2-6)10-5-9/h1-4H,5H2. The molecule has 0 bridgehead atoms. The third-order valence-electron chi connectivity index (χ3n) is 1.03. The Morgan fingerprint density at radius 1 is 1.30 bits per heavy atom. The average Bonchev–Trinajstić information content (AvgIpc) is 1.95. The molecule has 0 aromatic heterocycles. The molecule has 0 fully saturated rings. The van der Waals surface area contributed by atoms with Crippen LogP contribution in [-0.2, 0) is 0 Å². The first-order chi connectivity index (χ1) is 4.83.